The summed E-state index contributed by atoms with van der Waals surface area (Å²) in [5.41, 5.74) is -0.797. The van der Waals surface area contributed by atoms with E-state index in [-0.39, 0.29) is 0 Å². The molecule has 0 spiro atoms. The minimum absolute atomic E-state index is 0.611. The SMILES string of the molecule is C=C(C(=O)O)C(=O)NC(C(C)C)S(=O)(=O)O. The van der Waals surface area contributed by atoms with Gasteiger partial charge in [-0.2, -0.15) is 8.42 Å². The van der Waals surface area contributed by atoms with E-state index in [2.05, 4.69) is 6.58 Å². The molecule has 1 amide bonds. The summed E-state index contributed by atoms with van der Waals surface area (Å²) in [5, 5.41) is 8.76. The van der Waals surface area contributed by atoms with Crippen LogP contribution >= 0.6 is 0 Å². The summed E-state index contributed by atoms with van der Waals surface area (Å²) in [4.78, 5) is 21.5. The molecule has 0 bridgehead atoms. The molecule has 8 heteroatoms. The highest BCUT2D eigenvalue weighted by Gasteiger charge is 2.29. The number of carbonyl (C=O) groups is 2. The summed E-state index contributed by atoms with van der Waals surface area (Å²) in [6, 6.07) is 0. The maximum atomic E-state index is 11.2. The summed E-state index contributed by atoms with van der Waals surface area (Å²) in [5.74, 6) is -3.32. The molecule has 16 heavy (non-hydrogen) atoms. The number of amides is 1. The second kappa shape index (κ2) is 5.08. The smallest absolute Gasteiger partial charge is 0.340 e. The van der Waals surface area contributed by atoms with Crippen molar-refractivity contribution in [2.24, 2.45) is 5.92 Å². The number of carboxylic acids is 1. The maximum absolute atomic E-state index is 11.2. The highest BCUT2D eigenvalue weighted by atomic mass is 32.2. The monoisotopic (exact) mass is 251 g/mol. The van der Waals surface area contributed by atoms with E-state index in [4.69, 9.17) is 9.66 Å². The van der Waals surface area contributed by atoms with E-state index in [1.807, 2.05) is 5.32 Å². The van der Waals surface area contributed by atoms with Gasteiger partial charge in [0.05, 0.1) is 0 Å². The number of carboxylic acid groups (broad SMARTS) is 1. The molecular weight excluding hydrogens is 238 g/mol. The van der Waals surface area contributed by atoms with E-state index in [1.54, 1.807) is 0 Å². The Kier molecular flexibility index (Phi) is 4.63. The second-order valence-electron chi connectivity index (χ2n) is 3.44. The Bertz CT molecular complexity index is 410. The van der Waals surface area contributed by atoms with Crippen molar-refractivity contribution < 1.29 is 27.7 Å². The number of hydrogen-bond donors (Lipinski definition) is 3. The maximum Gasteiger partial charge on any atom is 0.340 e. The molecule has 0 rings (SSSR count). The topological polar surface area (TPSA) is 121 Å². The Balaban J connectivity index is 4.88. The molecule has 0 heterocycles. The molecule has 92 valence electrons. The molecule has 7 nitrogen and oxygen atoms in total. The summed E-state index contributed by atoms with van der Waals surface area (Å²) in [6.07, 6.45) is 0. The van der Waals surface area contributed by atoms with Crippen molar-refractivity contribution in [3.05, 3.63) is 12.2 Å². The van der Waals surface area contributed by atoms with Gasteiger partial charge in [-0.25, -0.2) is 4.79 Å². The average Bonchev–Trinajstić information content (AvgIpc) is 2.09. The lowest BCUT2D eigenvalue weighted by Gasteiger charge is -2.18. The molecule has 1 unspecified atom stereocenters. The molecule has 0 saturated heterocycles. The van der Waals surface area contributed by atoms with Gasteiger partial charge in [-0.1, -0.05) is 20.4 Å². The van der Waals surface area contributed by atoms with Crippen LogP contribution in [0.1, 0.15) is 13.8 Å². The van der Waals surface area contributed by atoms with Gasteiger partial charge in [-0.15, -0.1) is 0 Å². The van der Waals surface area contributed by atoms with Gasteiger partial charge in [0.1, 0.15) is 5.57 Å². The molecular formula is C8H13NO6S. The van der Waals surface area contributed by atoms with Crippen LogP contribution in [-0.2, 0) is 19.7 Å². The summed E-state index contributed by atoms with van der Waals surface area (Å²) < 4.78 is 30.5. The van der Waals surface area contributed by atoms with Crippen LogP contribution in [0.5, 0.6) is 0 Å². The van der Waals surface area contributed by atoms with Crippen LogP contribution in [0.2, 0.25) is 0 Å². The standard InChI is InChI=1S/C8H13NO6S/c1-4(2)7(16(13,14)15)9-6(10)5(3)8(11)12/h4,7H,3H2,1-2H3,(H,9,10)(H,11,12)(H,13,14,15). The second-order valence-corrected chi connectivity index (χ2v) is 4.97. The van der Waals surface area contributed by atoms with Crippen molar-refractivity contribution in [2.75, 3.05) is 0 Å². The molecule has 0 aliphatic rings. The summed E-state index contributed by atoms with van der Waals surface area (Å²) in [6.45, 7) is 5.85. The number of rotatable bonds is 5. The van der Waals surface area contributed by atoms with Crippen LogP contribution in [0.25, 0.3) is 0 Å². The van der Waals surface area contributed by atoms with Crippen molar-refractivity contribution in [3.63, 3.8) is 0 Å². The molecule has 0 fully saturated rings. The van der Waals surface area contributed by atoms with Gasteiger partial charge in [-0.3, -0.25) is 9.35 Å². The molecule has 0 aromatic carbocycles. The predicted octanol–water partition coefficient (Wildman–Crippen LogP) is -0.387. The van der Waals surface area contributed by atoms with Gasteiger partial charge in [0.25, 0.3) is 16.0 Å². The molecule has 0 radical (unpaired) electrons. The number of hydrogen-bond acceptors (Lipinski definition) is 4. The number of nitrogens with one attached hydrogen (secondary N) is 1. The van der Waals surface area contributed by atoms with Gasteiger partial charge >= 0.3 is 5.97 Å². The van der Waals surface area contributed by atoms with E-state index >= 15 is 0 Å². The minimum atomic E-state index is -4.48. The van der Waals surface area contributed by atoms with Gasteiger partial charge in [0.15, 0.2) is 5.37 Å². The van der Waals surface area contributed by atoms with Crippen LogP contribution in [0.15, 0.2) is 12.2 Å². The third kappa shape index (κ3) is 3.99. The lowest BCUT2D eigenvalue weighted by Crippen LogP contribution is -2.45. The zero-order chi connectivity index (χ0) is 13.1. The Labute approximate surface area is 92.9 Å². The fraction of sp³-hybridized carbons (Fsp3) is 0.500. The summed E-state index contributed by atoms with van der Waals surface area (Å²) >= 11 is 0. The molecule has 0 aliphatic heterocycles. The predicted molar refractivity (Wildman–Crippen MR) is 55.1 cm³/mol. The highest BCUT2D eigenvalue weighted by Crippen LogP contribution is 2.08. The third-order valence-electron chi connectivity index (χ3n) is 1.73. The molecule has 0 saturated carbocycles. The van der Waals surface area contributed by atoms with E-state index < -0.39 is 38.9 Å². The molecule has 1 atom stereocenters. The van der Waals surface area contributed by atoms with Gasteiger partial charge in [-0.05, 0) is 5.92 Å². The Morgan fingerprint density at radius 2 is 1.75 bits per heavy atom. The van der Waals surface area contributed by atoms with Crippen LogP contribution in [-0.4, -0.2) is 35.3 Å². The fourth-order valence-corrected chi connectivity index (χ4v) is 1.84. The van der Waals surface area contributed by atoms with E-state index in [0.717, 1.165) is 0 Å². The van der Waals surface area contributed by atoms with Crippen molar-refractivity contribution in [1.29, 1.82) is 0 Å². The highest BCUT2D eigenvalue weighted by molar-refractivity contribution is 7.86. The van der Waals surface area contributed by atoms with Crippen molar-refractivity contribution in [2.45, 2.75) is 19.2 Å². The van der Waals surface area contributed by atoms with Crippen LogP contribution < -0.4 is 5.32 Å². The van der Waals surface area contributed by atoms with Gasteiger partial charge in [0.2, 0.25) is 0 Å². The normalized spacial score (nSPS) is 13.2. The lowest BCUT2D eigenvalue weighted by molar-refractivity contribution is -0.135. The van der Waals surface area contributed by atoms with Gasteiger partial charge < -0.3 is 10.4 Å². The molecule has 0 aromatic heterocycles. The Morgan fingerprint density at radius 3 is 2.00 bits per heavy atom. The number of aliphatic carboxylic acids is 1. The van der Waals surface area contributed by atoms with E-state index in [0.29, 0.717) is 0 Å². The first-order valence-corrected chi connectivity index (χ1v) is 5.77. The van der Waals surface area contributed by atoms with Crippen LogP contribution in [0.3, 0.4) is 0 Å². The molecule has 0 aromatic rings. The first kappa shape index (κ1) is 14.6. The number of carbonyl (C=O) groups excluding carboxylic acids is 1. The zero-order valence-electron chi connectivity index (χ0n) is 8.80. The van der Waals surface area contributed by atoms with E-state index in [9.17, 15) is 18.0 Å². The minimum Gasteiger partial charge on any atom is -0.478 e. The first-order valence-electron chi connectivity index (χ1n) is 4.26. The first-order chi connectivity index (χ1) is 7.07. The molecule has 3 N–H and O–H groups in total. The summed E-state index contributed by atoms with van der Waals surface area (Å²) in [7, 11) is -4.48. The molecule has 0 aliphatic carbocycles. The lowest BCUT2D eigenvalue weighted by atomic mass is 10.2. The largest absolute Gasteiger partial charge is 0.478 e. The van der Waals surface area contributed by atoms with Crippen LogP contribution in [0, 0.1) is 5.92 Å². The third-order valence-corrected chi connectivity index (χ3v) is 3.04. The van der Waals surface area contributed by atoms with Crippen molar-refractivity contribution in [3.8, 4) is 0 Å². The average molecular weight is 251 g/mol. The quantitative estimate of drug-likeness (QED) is 0.265. The Morgan fingerprint density at radius 1 is 1.31 bits per heavy atom. The van der Waals surface area contributed by atoms with Gasteiger partial charge in [0, 0.05) is 0 Å². The zero-order valence-corrected chi connectivity index (χ0v) is 9.61. The van der Waals surface area contributed by atoms with Crippen LogP contribution in [0.4, 0.5) is 0 Å². The van der Waals surface area contributed by atoms with Crippen molar-refractivity contribution in [1.82, 2.24) is 5.32 Å². The fourth-order valence-electron chi connectivity index (χ4n) is 0.899. The Hall–Kier alpha value is -1.41. The van der Waals surface area contributed by atoms with E-state index in [1.165, 1.54) is 13.8 Å². The van der Waals surface area contributed by atoms with Crippen molar-refractivity contribution >= 4 is 22.0 Å².